The first-order valence-electron chi connectivity index (χ1n) is 7.35. The molecule has 7 heteroatoms. The number of ether oxygens (including phenoxy) is 2. The van der Waals surface area contributed by atoms with Crippen LogP contribution in [0.5, 0.6) is 11.5 Å². The van der Waals surface area contributed by atoms with Crippen LogP contribution in [-0.2, 0) is 4.79 Å². The highest BCUT2D eigenvalue weighted by molar-refractivity contribution is 8.00. The summed E-state index contributed by atoms with van der Waals surface area (Å²) in [7, 11) is 0. The van der Waals surface area contributed by atoms with Gasteiger partial charge in [0.25, 0.3) is 0 Å². The molecule has 2 aromatic rings. The molecule has 126 valence electrons. The number of benzene rings is 2. The van der Waals surface area contributed by atoms with E-state index in [1.807, 2.05) is 24.3 Å². The Labute approximate surface area is 154 Å². The molecule has 1 atom stereocenters. The van der Waals surface area contributed by atoms with E-state index in [1.54, 1.807) is 18.2 Å². The van der Waals surface area contributed by atoms with Crippen molar-refractivity contribution in [3.8, 4) is 11.5 Å². The third-order valence-corrected chi connectivity index (χ3v) is 5.08. The van der Waals surface area contributed by atoms with Gasteiger partial charge in [-0.25, -0.2) is 0 Å². The largest absolute Gasteiger partial charge is 0.486 e. The Morgan fingerprint density at radius 1 is 1.21 bits per heavy atom. The summed E-state index contributed by atoms with van der Waals surface area (Å²) in [5.74, 6) is 1.58. The zero-order chi connectivity index (χ0) is 16.9. The summed E-state index contributed by atoms with van der Waals surface area (Å²) in [6.45, 7) is 0.793. The van der Waals surface area contributed by atoms with Crippen LogP contribution in [0.25, 0.3) is 0 Å². The molecule has 0 aliphatic carbocycles. The maximum absolute atomic E-state index is 12.0. The SMILES string of the molecule is O=C(CSc1cc(Cl)ccc1Cl)NCC1COc2ccccc2O1. The monoisotopic (exact) mass is 383 g/mol. The van der Waals surface area contributed by atoms with Gasteiger partial charge in [0, 0.05) is 9.92 Å². The van der Waals surface area contributed by atoms with Gasteiger partial charge in [-0.2, -0.15) is 0 Å². The molecular weight excluding hydrogens is 369 g/mol. The van der Waals surface area contributed by atoms with Crippen LogP contribution in [0.4, 0.5) is 0 Å². The summed E-state index contributed by atoms with van der Waals surface area (Å²) in [5, 5.41) is 4.02. The number of hydrogen-bond acceptors (Lipinski definition) is 4. The van der Waals surface area contributed by atoms with Gasteiger partial charge in [0.15, 0.2) is 11.5 Å². The molecule has 3 rings (SSSR count). The second kappa shape index (κ2) is 8.01. The Hall–Kier alpha value is -1.56. The van der Waals surface area contributed by atoms with Gasteiger partial charge in [-0.1, -0.05) is 35.3 Å². The quantitative estimate of drug-likeness (QED) is 0.791. The number of fused-ring (bicyclic) bond motifs is 1. The zero-order valence-electron chi connectivity index (χ0n) is 12.6. The van der Waals surface area contributed by atoms with Gasteiger partial charge < -0.3 is 14.8 Å². The molecule has 4 nitrogen and oxygen atoms in total. The van der Waals surface area contributed by atoms with Crippen LogP contribution in [0, 0.1) is 0 Å². The van der Waals surface area contributed by atoms with E-state index in [9.17, 15) is 4.79 Å². The average molecular weight is 384 g/mol. The minimum atomic E-state index is -0.205. The van der Waals surface area contributed by atoms with E-state index in [0.717, 1.165) is 10.6 Å². The second-order valence-electron chi connectivity index (χ2n) is 5.17. The Morgan fingerprint density at radius 2 is 2.00 bits per heavy atom. The lowest BCUT2D eigenvalue weighted by atomic mass is 10.2. The molecule has 0 bridgehead atoms. The van der Waals surface area contributed by atoms with Crippen molar-refractivity contribution in [3.63, 3.8) is 0 Å². The van der Waals surface area contributed by atoms with Crippen molar-refractivity contribution in [1.82, 2.24) is 5.32 Å². The summed E-state index contributed by atoms with van der Waals surface area (Å²) < 4.78 is 11.4. The Balaban J connectivity index is 1.46. The summed E-state index contributed by atoms with van der Waals surface area (Å²) in [6.07, 6.45) is -0.205. The lowest BCUT2D eigenvalue weighted by Gasteiger charge is -2.26. The zero-order valence-corrected chi connectivity index (χ0v) is 15.0. The van der Waals surface area contributed by atoms with Gasteiger partial charge >= 0.3 is 0 Å². The molecule has 1 aliphatic heterocycles. The normalized spacial score (nSPS) is 15.8. The molecule has 0 aromatic heterocycles. The highest BCUT2D eigenvalue weighted by Crippen LogP contribution is 2.31. The van der Waals surface area contributed by atoms with Gasteiger partial charge in [-0.15, -0.1) is 11.8 Å². The topological polar surface area (TPSA) is 47.6 Å². The van der Waals surface area contributed by atoms with Crippen LogP contribution in [0.1, 0.15) is 0 Å². The van der Waals surface area contributed by atoms with Gasteiger partial charge in [0.05, 0.1) is 17.3 Å². The predicted octanol–water partition coefficient (Wildman–Crippen LogP) is 4.04. The number of para-hydroxylation sites is 2. The smallest absolute Gasteiger partial charge is 0.230 e. The van der Waals surface area contributed by atoms with E-state index in [4.69, 9.17) is 32.7 Å². The summed E-state index contributed by atoms with van der Waals surface area (Å²) in [6, 6.07) is 12.7. The number of thioether (sulfide) groups is 1. The number of amides is 1. The first kappa shape index (κ1) is 17.3. The number of rotatable bonds is 5. The van der Waals surface area contributed by atoms with Crippen molar-refractivity contribution in [2.24, 2.45) is 0 Å². The summed E-state index contributed by atoms with van der Waals surface area (Å²) >= 11 is 13.4. The maximum atomic E-state index is 12.0. The number of nitrogens with one attached hydrogen (secondary N) is 1. The van der Waals surface area contributed by atoms with Crippen molar-refractivity contribution < 1.29 is 14.3 Å². The van der Waals surface area contributed by atoms with E-state index < -0.39 is 0 Å². The van der Waals surface area contributed by atoms with Crippen LogP contribution in [0.15, 0.2) is 47.4 Å². The molecule has 0 radical (unpaired) electrons. The fourth-order valence-corrected chi connectivity index (χ4v) is 3.50. The minimum Gasteiger partial charge on any atom is -0.486 e. The number of halogens is 2. The van der Waals surface area contributed by atoms with E-state index in [-0.39, 0.29) is 17.8 Å². The van der Waals surface area contributed by atoms with Crippen molar-refractivity contribution in [1.29, 1.82) is 0 Å². The number of carbonyl (C=O) groups is 1. The van der Waals surface area contributed by atoms with Crippen LogP contribution in [-0.4, -0.2) is 30.9 Å². The number of hydrogen-bond donors (Lipinski definition) is 1. The molecule has 0 saturated heterocycles. The number of carbonyl (C=O) groups excluding carboxylic acids is 1. The van der Waals surface area contributed by atoms with Crippen molar-refractivity contribution in [2.75, 3.05) is 18.9 Å². The maximum Gasteiger partial charge on any atom is 0.230 e. The van der Waals surface area contributed by atoms with E-state index in [0.29, 0.717) is 28.9 Å². The van der Waals surface area contributed by atoms with Gasteiger partial charge in [0.1, 0.15) is 12.7 Å². The molecule has 24 heavy (non-hydrogen) atoms. The summed E-state index contributed by atoms with van der Waals surface area (Å²) in [5.41, 5.74) is 0. The molecule has 0 spiro atoms. The first-order valence-corrected chi connectivity index (χ1v) is 9.09. The molecule has 0 saturated carbocycles. The Morgan fingerprint density at radius 3 is 2.83 bits per heavy atom. The molecule has 1 N–H and O–H groups in total. The average Bonchev–Trinajstić information content (AvgIpc) is 2.60. The molecule has 1 aliphatic rings. The third-order valence-electron chi connectivity index (χ3n) is 3.35. The molecule has 2 aromatic carbocycles. The van der Waals surface area contributed by atoms with Crippen LogP contribution >= 0.6 is 35.0 Å². The fraction of sp³-hybridized carbons (Fsp3) is 0.235. The van der Waals surface area contributed by atoms with E-state index >= 15 is 0 Å². The van der Waals surface area contributed by atoms with Crippen LogP contribution < -0.4 is 14.8 Å². The molecule has 1 heterocycles. The van der Waals surface area contributed by atoms with Crippen molar-refractivity contribution in [3.05, 3.63) is 52.5 Å². The van der Waals surface area contributed by atoms with E-state index in [1.165, 1.54) is 11.8 Å². The minimum absolute atomic E-state index is 0.0986. The lowest BCUT2D eigenvalue weighted by molar-refractivity contribution is -0.119. The van der Waals surface area contributed by atoms with Crippen LogP contribution in [0.2, 0.25) is 10.0 Å². The van der Waals surface area contributed by atoms with Gasteiger partial charge in [-0.3, -0.25) is 4.79 Å². The van der Waals surface area contributed by atoms with Gasteiger partial charge in [-0.05, 0) is 30.3 Å². The van der Waals surface area contributed by atoms with E-state index in [2.05, 4.69) is 5.32 Å². The lowest BCUT2D eigenvalue weighted by Crippen LogP contribution is -2.41. The predicted molar refractivity (Wildman–Crippen MR) is 96.5 cm³/mol. The van der Waals surface area contributed by atoms with Crippen molar-refractivity contribution >= 4 is 40.9 Å². The van der Waals surface area contributed by atoms with Crippen LogP contribution in [0.3, 0.4) is 0 Å². The molecule has 0 fully saturated rings. The molecule has 1 amide bonds. The Kier molecular flexibility index (Phi) is 5.76. The van der Waals surface area contributed by atoms with Gasteiger partial charge in [0.2, 0.25) is 5.91 Å². The first-order chi connectivity index (χ1) is 11.6. The summed E-state index contributed by atoms with van der Waals surface area (Å²) in [4.78, 5) is 12.8. The van der Waals surface area contributed by atoms with Crippen molar-refractivity contribution in [2.45, 2.75) is 11.0 Å². The second-order valence-corrected chi connectivity index (χ2v) is 7.03. The molecule has 1 unspecified atom stereocenters. The standard InChI is InChI=1S/C17H15Cl2NO3S/c18-11-5-6-13(19)16(7-11)24-10-17(21)20-8-12-9-22-14-3-1-2-4-15(14)23-12/h1-7,12H,8-10H2,(H,20,21). The highest BCUT2D eigenvalue weighted by atomic mass is 35.5. The third kappa shape index (κ3) is 4.50. The Bertz CT molecular complexity index is 742. The molecular formula is C17H15Cl2NO3S. The highest BCUT2D eigenvalue weighted by Gasteiger charge is 2.21. The fourth-order valence-electron chi connectivity index (χ4n) is 2.17.